The third-order valence-corrected chi connectivity index (χ3v) is 3.49. The van der Waals surface area contributed by atoms with Gasteiger partial charge >= 0.3 is 0 Å². The van der Waals surface area contributed by atoms with Crippen LogP contribution in [0.3, 0.4) is 0 Å². The zero-order valence-electron chi connectivity index (χ0n) is 13.5. The fourth-order valence-corrected chi connectivity index (χ4v) is 2.21. The maximum atomic E-state index is 6.08. The highest BCUT2D eigenvalue weighted by Crippen LogP contribution is 2.35. The van der Waals surface area contributed by atoms with Gasteiger partial charge in [0, 0.05) is 18.7 Å². The molecule has 2 rings (SSSR count). The highest BCUT2D eigenvalue weighted by Gasteiger charge is 2.20. The van der Waals surface area contributed by atoms with Crippen LogP contribution in [0.4, 0.5) is 5.69 Å². The Hall–Kier alpha value is -2.03. The lowest BCUT2D eigenvalue weighted by molar-refractivity contribution is 0.453. The third-order valence-electron chi connectivity index (χ3n) is 3.49. The molecule has 0 aliphatic rings. The van der Waals surface area contributed by atoms with Gasteiger partial charge in [0.15, 0.2) is 0 Å². The highest BCUT2D eigenvalue weighted by atomic mass is 16.5. The zero-order chi connectivity index (χ0) is 15.5. The molecule has 112 valence electrons. The van der Waals surface area contributed by atoms with Gasteiger partial charge in [-0.15, -0.1) is 0 Å². The standard InChI is InChI=1S/C18H24N2O/c1-6-13-7-8-17(16(9-13)18(2,3)4)21-15-10-14(19-5)11-20-12-15/h7-12,19H,6H2,1-5H3. The monoisotopic (exact) mass is 284 g/mol. The number of ether oxygens (including phenoxy) is 1. The van der Waals surface area contributed by atoms with Crippen LogP contribution in [0.2, 0.25) is 0 Å². The first-order valence-corrected chi connectivity index (χ1v) is 7.38. The summed E-state index contributed by atoms with van der Waals surface area (Å²) >= 11 is 0. The largest absolute Gasteiger partial charge is 0.455 e. The summed E-state index contributed by atoms with van der Waals surface area (Å²) in [7, 11) is 1.87. The van der Waals surface area contributed by atoms with Crippen LogP contribution in [0.25, 0.3) is 0 Å². The van der Waals surface area contributed by atoms with Crippen molar-refractivity contribution in [3.63, 3.8) is 0 Å². The topological polar surface area (TPSA) is 34.1 Å². The van der Waals surface area contributed by atoms with Crippen molar-refractivity contribution >= 4 is 5.69 Å². The molecule has 0 unspecified atom stereocenters. The minimum atomic E-state index is 0.0363. The summed E-state index contributed by atoms with van der Waals surface area (Å²) in [6.45, 7) is 8.79. The predicted octanol–water partition coefficient (Wildman–Crippen LogP) is 4.78. The average Bonchev–Trinajstić information content (AvgIpc) is 2.46. The van der Waals surface area contributed by atoms with Gasteiger partial charge in [-0.05, 0) is 23.5 Å². The molecule has 0 atom stereocenters. The van der Waals surface area contributed by atoms with Crippen molar-refractivity contribution in [3.05, 3.63) is 47.8 Å². The number of aromatic nitrogens is 1. The van der Waals surface area contributed by atoms with E-state index in [-0.39, 0.29) is 5.41 Å². The average molecular weight is 284 g/mol. The van der Waals surface area contributed by atoms with E-state index >= 15 is 0 Å². The van der Waals surface area contributed by atoms with Crippen molar-refractivity contribution in [3.8, 4) is 11.5 Å². The molecular formula is C18H24N2O. The van der Waals surface area contributed by atoms with Gasteiger partial charge in [-0.3, -0.25) is 4.98 Å². The smallest absolute Gasteiger partial charge is 0.147 e. The Balaban J connectivity index is 2.39. The molecule has 0 saturated heterocycles. The Morgan fingerprint density at radius 2 is 1.90 bits per heavy atom. The molecule has 1 N–H and O–H groups in total. The number of hydrogen-bond donors (Lipinski definition) is 1. The van der Waals surface area contributed by atoms with E-state index in [2.05, 4.69) is 56.2 Å². The molecule has 0 amide bonds. The molecule has 0 fully saturated rings. The number of nitrogens with one attached hydrogen (secondary N) is 1. The normalized spacial score (nSPS) is 11.3. The van der Waals surface area contributed by atoms with Crippen LogP contribution in [0, 0.1) is 0 Å². The lowest BCUT2D eigenvalue weighted by Gasteiger charge is -2.23. The van der Waals surface area contributed by atoms with E-state index in [1.54, 1.807) is 12.4 Å². The molecule has 0 aliphatic carbocycles. The maximum absolute atomic E-state index is 6.08. The first-order valence-electron chi connectivity index (χ1n) is 7.38. The van der Waals surface area contributed by atoms with Crippen molar-refractivity contribution in [2.75, 3.05) is 12.4 Å². The molecule has 0 radical (unpaired) electrons. The van der Waals surface area contributed by atoms with Gasteiger partial charge in [-0.2, -0.15) is 0 Å². The van der Waals surface area contributed by atoms with E-state index in [9.17, 15) is 0 Å². The van der Waals surface area contributed by atoms with Crippen LogP contribution in [-0.4, -0.2) is 12.0 Å². The van der Waals surface area contributed by atoms with Crippen LogP contribution >= 0.6 is 0 Å². The molecule has 3 nitrogen and oxygen atoms in total. The molecule has 3 heteroatoms. The number of rotatable bonds is 4. The SMILES string of the molecule is CCc1ccc(Oc2cncc(NC)c2)c(C(C)(C)C)c1. The summed E-state index contributed by atoms with van der Waals surface area (Å²) in [5.74, 6) is 1.64. The van der Waals surface area contributed by atoms with Gasteiger partial charge in [-0.25, -0.2) is 0 Å². The maximum Gasteiger partial charge on any atom is 0.147 e. The molecular weight excluding hydrogens is 260 g/mol. The first-order chi connectivity index (χ1) is 9.94. The molecule has 21 heavy (non-hydrogen) atoms. The summed E-state index contributed by atoms with van der Waals surface area (Å²) in [4.78, 5) is 4.19. The summed E-state index contributed by atoms with van der Waals surface area (Å²) in [6.07, 6.45) is 4.54. The van der Waals surface area contributed by atoms with Crippen LogP contribution < -0.4 is 10.1 Å². The summed E-state index contributed by atoms with van der Waals surface area (Å²) in [6, 6.07) is 8.38. The van der Waals surface area contributed by atoms with Crippen LogP contribution in [-0.2, 0) is 11.8 Å². The first kappa shape index (κ1) is 15.4. The van der Waals surface area contributed by atoms with Crippen LogP contribution in [0.5, 0.6) is 11.5 Å². The van der Waals surface area contributed by atoms with Crippen molar-refractivity contribution in [2.24, 2.45) is 0 Å². The quantitative estimate of drug-likeness (QED) is 0.877. The molecule has 0 aliphatic heterocycles. The molecule has 2 aromatic rings. The van der Waals surface area contributed by atoms with Crippen molar-refractivity contribution in [1.82, 2.24) is 4.98 Å². The molecule has 0 bridgehead atoms. The van der Waals surface area contributed by atoms with E-state index < -0.39 is 0 Å². The highest BCUT2D eigenvalue weighted by molar-refractivity contribution is 5.48. The van der Waals surface area contributed by atoms with Crippen molar-refractivity contribution < 1.29 is 4.74 Å². The Kier molecular flexibility index (Phi) is 4.51. The lowest BCUT2D eigenvalue weighted by Crippen LogP contribution is -2.13. The van der Waals surface area contributed by atoms with Gasteiger partial charge < -0.3 is 10.1 Å². The number of nitrogens with zero attached hydrogens (tertiary/aromatic N) is 1. The minimum absolute atomic E-state index is 0.0363. The number of hydrogen-bond acceptors (Lipinski definition) is 3. The van der Waals surface area contributed by atoms with Gasteiger partial charge in [-0.1, -0.05) is 39.8 Å². The van der Waals surface area contributed by atoms with E-state index in [1.165, 1.54) is 11.1 Å². The molecule has 0 spiro atoms. The molecule has 1 aromatic heterocycles. The Morgan fingerprint density at radius 1 is 1.14 bits per heavy atom. The van der Waals surface area contributed by atoms with E-state index in [0.717, 1.165) is 23.6 Å². The molecule has 1 heterocycles. The Bertz CT molecular complexity index is 615. The predicted molar refractivity (Wildman–Crippen MR) is 88.4 cm³/mol. The molecule has 1 aromatic carbocycles. The summed E-state index contributed by atoms with van der Waals surface area (Å²) in [5.41, 5.74) is 3.52. The number of anilines is 1. The minimum Gasteiger partial charge on any atom is -0.455 e. The van der Waals surface area contributed by atoms with Crippen molar-refractivity contribution in [1.29, 1.82) is 0 Å². The fourth-order valence-electron chi connectivity index (χ4n) is 2.21. The van der Waals surface area contributed by atoms with Crippen LogP contribution in [0.15, 0.2) is 36.7 Å². The van der Waals surface area contributed by atoms with Crippen molar-refractivity contribution in [2.45, 2.75) is 39.5 Å². The fraction of sp³-hybridized carbons (Fsp3) is 0.389. The Morgan fingerprint density at radius 3 is 2.52 bits per heavy atom. The molecule has 0 saturated carbocycles. The number of aryl methyl sites for hydroxylation is 1. The number of pyridine rings is 1. The number of benzene rings is 1. The third kappa shape index (κ3) is 3.75. The Labute approximate surface area is 127 Å². The lowest BCUT2D eigenvalue weighted by atomic mass is 9.85. The van der Waals surface area contributed by atoms with E-state index in [4.69, 9.17) is 4.74 Å². The van der Waals surface area contributed by atoms with E-state index in [0.29, 0.717) is 0 Å². The second-order valence-corrected chi connectivity index (χ2v) is 6.20. The summed E-state index contributed by atoms with van der Waals surface area (Å²) in [5, 5.41) is 3.07. The second kappa shape index (κ2) is 6.17. The summed E-state index contributed by atoms with van der Waals surface area (Å²) < 4.78 is 6.08. The van der Waals surface area contributed by atoms with E-state index in [1.807, 2.05) is 13.1 Å². The van der Waals surface area contributed by atoms with Gasteiger partial charge in [0.1, 0.15) is 11.5 Å². The zero-order valence-corrected chi connectivity index (χ0v) is 13.5. The van der Waals surface area contributed by atoms with Crippen LogP contribution in [0.1, 0.15) is 38.8 Å². The second-order valence-electron chi connectivity index (χ2n) is 6.20. The van der Waals surface area contributed by atoms with Gasteiger partial charge in [0.2, 0.25) is 0 Å². The van der Waals surface area contributed by atoms with Gasteiger partial charge in [0.25, 0.3) is 0 Å². The van der Waals surface area contributed by atoms with Gasteiger partial charge in [0.05, 0.1) is 18.1 Å².